The third-order valence-corrected chi connectivity index (χ3v) is 4.99. The number of carbonyl (C=O) groups excluding carboxylic acids is 1. The van der Waals surface area contributed by atoms with Crippen molar-refractivity contribution in [1.29, 1.82) is 0 Å². The van der Waals surface area contributed by atoms with Gasteiger partial charge in [-0.25, -0.2) is 0 Å². The first-order valence-corrected chi connectivity index (χ1v) is 9.10. The Bertz CT molecular complexity index is 945. The average Bonchev–Trinajstić information content (AvgIpc) is 3.07. The number of carbonyl (C=O) groups is 1. The molecule has 0 saturated carbocycles. The standard InChI is InChI=1S/C22H22N2O3/c1-4-27-21-11-20-19(9-14(21)2)22(25)24-13-16(10-17(24)12-23-20)15-5-7-18(26-3)8-6-15/h5-9,11-13,17H,4,10H2,1-3H3/t17-/m0/s1. The Kier molecular flexibility index (Phi) is 4.44. The van der Waals surface area contributed by atoms with Crippen LogP contribution in [0.5, 0.6) is 11.5 Å². The number of methoxy groups -OCH3 is 1. The van der Waals surface area contributed by atoms with Gasteiger partial charge in [0.25, 0.3) is 5.91 Å². The highest BCUT2D eigenvalue weighted by Crippen LogP contribution is 2.37. The summed E-state index contributed by atoms with van der Waals surface area (Å²) in [5.41, 5.74) is 4.43. The maximum absolute atomic E-state index is 13.2. The molecule has 5 nitrogen and oxygen atoms in total. The first-order chi connectivity index (χ1) is 13.1. The summed E-state index contributed by atoms with van der Waals surface area (Å²) in [4.78, 5) is 19.5. The van der Waals surface area contributed by atoms with Crippen molar-refractivity contribution >= 4 is 23.4 Å². The van der Waals surface area contributed by atoms with Gasteiger partial charge in [0, 0.05) is 24.9 Å². The normalized spacial score (nSPS) is 17.9. The quantitative estimate of drug-likeness (QED) is 0.811. The van der Waals surface area contributed by atoms with E-state index in [0.29, 0.717) is 17.9 Å². The van der Waals surface area contributed by atoms with Crippen molar-refractivity contribution in [2.75, 3.05) is 13.7 Å². The van der Waals surface area contributed by atoms with E-state index in [1.165, 1.54) is 0 Å². The maximum atomic E-state index is 13.2. The van der Waals surface area contributed by atoms with Crippen LogP contribution in [-0.2, 0) is 0 Å². The summed E-state index contributed by atoms with van der Waals surface area (Å²) in [5, 5.41) is 0. The minimum absolute atomic E-state index is 0.0258. The molecule has 0 radical (unpaired) electrons. The van der Waals surface area contributed by atoms with E-state index in [9.17, 15) is 4.79 Å². The lowest BCUT2D eigenvalue weighted by Gasteiger charge is -2.18. The summed E-state index contributed by atoms with van der Waals surface area (Å²) in [6.07, 6.45) is 4.55. The van der Waals surface area contributed by atoms with E-state index in [1.807, 2.05) is 62.7 Å². The van der Waals surface area contributed by atoms with Crippen molar-refractivity contribution in [1.82, 2.24) is 4.90 Å². The van der Waals surface area contributed by atoms with Gasteiger partial charge in [-0.3, -0.25) is 9.79 Å². The molecule has 5 heteroatoms. The fraction of sp³-hybridized carbons (Fsp3) is 0.273. The summed E-state index contributed by atoms with van der Waals surface area (Å²) < 4.78 is 10.9. The molecule has 0 N–H and O–H groups in total. The van der Waals surface area contributed by atoms with Crippen molar-refractivity contribution in [3.05, 3.63) is 59.3 Å². The zero-order valence-corrected chi connectivity index (χ0v) is 15.7. The Labute approximate surface area is 158 Å². The van der Waals surface area contributed by atoms with Gasteiger partial charge in [-0.05, 0) is 48.7 Å². The van der Waals surface area contributed by atoms with Gasteiger partial charge in [0.15, 0.2) is 0 Å². The molecule has 0 spiro atoms. The zero-order valence-electron chi connectivity index (χ0n) is 15.7. The van der Waals surface area contributed by atoms with Gasteiger partial charge in [0.1, 0.15) is 11.5 Å². The van der Waals surface area contributed by atoms with E-state index < -0.39 is 0 Å². The SMILES string of the molecule is CCOc1cc2c(cc1C)C(=O)N1C=C(c3ccc(OC)cc3)C[C@H]1C=N2. The second-order valence-corrected chi connectivity index (χ2v) is 6.71. The number of aryl methyl sites for hydroxylation is 1. The fourth-order valence-corrected chi connectivity index (χ4v) is 3.54. The Hall–Kier alpha value is -3.08. The number of benzene rings is 2. The number of fused-ring (bicyclic) bond motifs is 2. The van der Waals surface area contributed by atoms with Gasteiger partial charge in [-0.15, -0.1) is 0 Å². The highest BCUT2D eigenvalue weighted by atomic mass is 16.5. The largest absolute Gasteiger partial charge is 0.497 e. The van der Waals surface area contributed by atoms with E-state index in [2.05, 4.69) is 4.99 Å². The number of hydrogen-bond acceptors (Lipinski definition) is 4. The number of aliphatic imine (C=N–C) groups is 1. The van der Waals surface area contributed by atoms with Gasteiger partial charge >= 0.3 is 0 Å². The van der Waals surface area contributed by atoms with Gasteiger partial charge in [-0.2, -0.15) is 0 Å². The van der Waals surface area contributed by atoms with Crippen LogP contribution in [0.15, 0.2) is 47.6 Å². The zero-order chi connectivity index (χ0) is 19.0. The summed E-state index contributed by atoms with van der Waals surface area (Å²) in [5.74, 6) is 1.57. The molecule has 2 aliphatic rings. The molecular weight excluding hydrogens is 340 g/mol. The molecule has 2 aromatic carbocycles. The van der Waals surface area contributed by atoms with Crippen molar-refractivity contribution in [2.45, 2.75) is 26.3 Å². The molecule has 0 aromatic heterocycles. The fourth-order valence-electron chi connectivity index (χ4n) is 3.54. The predicted molar refractivity (Wildman–Crippen MR) is 106 cm³/mol. The smallest absolute Gasteiger partial charge is 0.260 e. The summed E-state index contributed by atoms with van der Waals surface area (Å²) in [6, 6.07) is 11.6. The van der Waals surface area contributed by atoms with Crippen molar-refractivity contribution in [2.24, 2.45) is 4.99 Å². The van der Waals surface area contributed by atoms with E-state index in [-0.39, 0.29) is 11.9 Å². The van der Waals surface area contributed by atoms with Crippen LogP contribution in [0.4, 0.5) is 5.69 Å². The summed E-state index contributed by atoms with van der Waals surface area (Å²) >= 11 is 0. The second-order valence-electron chi connectivity index (χ2n) is 6.71. The Morgan fingerprint density at radius 3 is 2.70 bits per heavy atom. The van der Waals surface area contributed by atoms with Gasteiger partial charge < -0.3 is 14.4 Å². The Morgan fingerprint density at radius 2 is 2.00 bits per heavy atom. The average molecular weight is 362 g/mol. The van der Waals surface area contributed by atoms with Gasteiger partial charge in [0.2, 0.25) is 0 Å². The minimum Gasteiger partial charge on any atom is -0.497 e. The molecule has 2 aromatic rings. The monoisotopic (exact) mass is 362 g/mol. The third kappa shape index (κ3) is 3.10. The molecular formula is C22H22N2O3. The van der Waals surface area contributed by atoms with Crippen LogP contribution in [0.2, 0.25) is 0 Å². The molecule has 27 heavy (non-hydrogen) atoms. The minimum atomic E-state index is -0.0714. The van der Waals surface area contributed by atoms with Crippen LogP contribution in [0, 0.1) is 6.92 Å². The molecule has 4 rings (SSSR count). The second kappa shape index (κ2) is 6.91. The summed E-state index contributed by atoms with van der Waals surface area (Å²) in [7, 11) is 1.65. The van der Waals surface area contributed by atoms with E-state index in [1.54, 1.807) is 12.0 Å². The Morgan fingerprint density at radius 1 is 1.22 bits per heavy atom. The van der Waals surface area contributed by atoms with Crippen LogP contribution in [-0.4, -0.2) is 36.8 Å². The van der Waals surface area contributed by atoms with Crippen LogP contribution < -0.4 is 9.47 Å². The number of amides is 1. The van der Waals surface area contributed by atoms with Crippen molar-refractivity contribution in [3.63, 3.8) is 0 Å². The molecule has 0 aliphatic carbocycles. The molecule has 0 unspecified atom stereocenters. The van der Waals surface area contributed by atoms with E-state index in [4.69, 9.17) is 9.47 Å². The molecule has 0 bridgehead atoms. The molecule has 0 fully saturated rings. The molecule has 138 valence electrons. The molecule has 1 amide bonds. The van der Waals surface area contributed by atoms with E-state index >= 15 is 0 Å². The highest BCUT2D eigenvalue weighted by Gasteiger charge is 2.33. The maximum Gasteiger partial charge on any atom is 0.260 e. The lowest BCUT2D eigenvalue weighted by Crippen LogP contribution is -2.32. The van der Waals surface area contributed by atoms with Gasteiger partial charge in [0.05, 0.1) is 31.0 Å². The number of hydrogen-bond donors (Lipinski definition) is 0. The van der Waals surface area contributed by atoms with Crippen molar-refractivity contribution in [3.8, 4) is 11.5 Å². The number of rotatable bonds is 4. The first-order valence-electron chi connectivity index (χ1n) is 9.10. The highest BCUT2D eigenvalue weighted by molar-refractivity contribution is 6.05. The van der Waals surface area contributed by atoms with E-state index in [0.717, 1.165) is 34.6 Å². The molecule has 1 atom stereocenters. The topological polar surface area (TPSA) is 51.1 Å². The predicted octanol–water partition coefficient (Wildman–Crippen LogP) is 4.37. The third-order valence-electron chi connectivity index (χ3n) is 4.99. The summed E-state index contributed by atoms with van der Waals surface area (Å²) in [6.45, 7) is 4.48. The molecule has 2 heterocycles. The van der Waals surface area contributed by atoms with Crippen LogP contribution >= 0.6 is 0 Å². The lowest BCUT2D eigenvalue weighted by atomic mass is 10.0. The van der Waals surface area contributed by atoms with Crippen LogP contribution in [0.3, 0.4) is 0 Å². The van der Waals surface area contributed by atoms with Gasteiger partial charge in [-0.1, -0.05) is 12.1 Å². The Balaban J connectivity index is 1.67. The first kappa shape index (κ1) is 17.3. The van der Waals surface area contributed by atoms with Crippen LogP contribution in [0.1, 0.15) is 34.8 Å². The molecule has 0 saturated heterocycles. The lowest BCUT2D eigenvalue weighted by molar-refractivity contribution is 0.0817. The number of nitrogens with zero attached hydrogens (tertiary/aromatic N) is 2. The number of ether oxygens (including phenoxy) is 2. The molecule has 2 aliphatic heterocycles. The van der Waals surface area contributed by atoms with Crippen LogP contribution in [0.25, 0.3) is 5.57 Å². The van der Waals surface area contributed by atoms with Crippen molar-refractivity contribution < 1.29 is 14.3 Å².